The van der Waals surface area contributed by atoms with E-state index < -0.39 is 5.91 Å². The van der Waals surface area contributed by atoms with Gasteiger partial charge in [0.25, 0.3) is 11.8 Å². The Bertz CT molecular complexity index is 989. The molecule has 3 amide bonds. The summed E-state index contributed by atoms with van der Waals surface area (Å²) in [4.78, 5) is 39.7. The fourth-order valence-corrected chi connectivity index (χ4v) is 3.66. The Morgan fingerprint density at radius 1 is 0.903 bits per heavy atom. The van der Waals surface area contributed by atoms with E-state index in [-0.39, 0.29) is 17.5 Å². The summed E-state index contributed by atoms with van der Waals surface area (Å²) in [7, 11) is 0. The predicted octanol–water partition coefficient (Wildman–Crippen LogP) is 4.13. The molecular weight excluding hydrogens is 390 g/mol. The van der Waals surface area contributed by atoms with E-state index in [1.54, 1.807) is 30.3 Å². The van der Waals surface area contributed by atoms with Crippen molar-refractivity contribution in [1.29, 1.82) is 0 Å². The van der Waals surface area contributed by atoms with Gasteiger partial charge in [0, 0.05) is 20.0 Å². The van der Waals surface area contributed by atoms with Gasteiger partial charge in [0.05, 0.1) is 11.3 Å². The number of anilines is 1. The second-order valence-electron chi connectivity index (χ2n) is 7.80. The first-order valence-electron chi connectivity index (χ1n) is 10.7. The lowest BCUT2D eigenvalue weighted by Gasteiger charge is -2.22. The van der Waals surface area contributed by atoms with Crippen LogP contribution in [0, 0.1) is 6.92 Å². The molecule has 6 nitrogen and oxygen atoms in total. The maximum Gasteiger partial charge on any atom is 0.272 e. The van der Waals surface area contributed by atoms with Crippen LogP contribution in [0.15, 0.2) is 54.2 Å². The molecule has 1 saturated heterocycles. The van der Waals surface area contributed by atoms with Crippen LogP contribution in [0.4, 0.5) is 5.69 Å². The molecule has 0 spiro atoms. The first-order valence-corrected chi connectivity index (χ1v) is 10.7. The molecule has 1 fully saturated rings. The lowest BCUT2D eigenvalue weighted by Crippen LogP contribution is -2.33. The van der Waals surface area contributed by atoms with Gasteiger partial charge in [0.1, 0.15) is 5.70 Å². The van der Waals surface area contributed by atoms with E-state index in [0.717, 1.165) is 49.9 Å². The summed E-state index contributed by atoms with van der Waals surface area (Å²) >= 11 is 0. The van der Waals surface area contributed by atoms with E-state index in [2.05, 4.69) is 10.6 Å². The summed E-state index contributed by atoms with van der Waals surface area (Å²) in [6.45, 7) is 4.75. The first-order chi connectivity index (χ1) is 15.0. The summed E-state index contributed by atoms with van der Waals surface area (Å²) in [5, 5.41) is 5.43. The number of nitrogens with zero attached hydrogens (tertiary/aromatic N) is 1. The van der Waals surface area contributed by atoms with Crippen LogP contribution in [0.25, 0.3) is 6.08 Å². The molecule has 0 saturated carbocycles. The maximum atomic E-state index is 13.1. The molecule has 0 atom stereocenters. The van der Waals surface area contributed by atoms with E-state index in [1.165, 1.54) is 6.92 Å². The summed E-state index contributed by atoms with van der Waals surface area (Å²) in [6.07, 6.45) is 5.89. The van der Waals surface area contributed by atoms with Gasteiger partial charge < -0.3 is 15.5 Å². The van der Waals surface area contributed by atoms with Crippen molar-refractivity contribution in [3.8, 4) is 0 Å². The lowest BCUT2D eigenvalue weighted by atomic mass is 10.1. The van der Waals surface area contributed by atoms with Crippen molar-refractivity contribution in [2.24, 2.45) is 0 Å². The number of amides is 3. The molecule has 0 aromatic heterocycles. The highest BCUT2D eigenvalue weighted by Gasteiger charge is 2.21. The largest absolute Gasteiger partial charge is 0.339 e. The van der Waals surface area contributed by atoms with Crippen molar-refractivity contribution in [2.45, 2.75) is 39.5 Å². The zero-order valence-corrected chi connectivity index (χ0v) is 18.1. The average Bonchev–Trinajstić information content (AvgIpc) is 3.04. The molecule has 0 aliphatic carbocycles. The molecule has 2 aromatic rings. The third-order valence-corrected chi connectivity index (χ3v) is 5.34. The number of hydrogen-bond acceptors (Lipinski definition) is 3. The molecule has 0 bridgehead atoms. The lowest BCUT2D eigenvalue weighted by molar-refractivity contribution is -0.120. The Morgan fingerprint density at radius 3 is 2.23 bits per heavy atom. The van der Waals surface area contributed by atoms with E-state index in [1.807, 2.05) is 36.1 Å². The zero-order chi connectivity index (χ0) is 22.2. The van der Waals surface area contributed by atoms with E-state index >= 15 is 0 Å². The molecule has 162 valence electrons. The molecule has 3 rings (SSSR count). The van der Waals surface area contributed by atoms with Gasteiger partial charge in [-0.1, -0.05) is 49.2 Å². The van der Waals surface area contributed by atoms with Gasteiger partial charge >= 0.3 is 0 Å². The second kappa shape index (κ2) is 10.6. The van der Waals surface area contributed by atoms with Gasteiger partial charge in [0.15, 0.2) is 0 Å². The van der Waals surface area contributed by atoms with Crippen molar-refractivity contribution in [1.82, 2.24) is 10.2 Å². The number of para-hydroxylation sites is 1. The summed E-state index contributed by atoms with van der Waals surface area (Å²) < 4.78 is 0. The van der Waals surface area contributed by atoms with Crippen LogP contribution < -0.4 is 10.6 Å². The van der Waals surface area contributed by atoms with Gasteiger partial charge in [-0.25, -0.2) is 0 Å². The molecule has 1 heterocycles. The summed E-state index contributed by atoms with van der Waals surface area (Å²) in [5.74, 6) is -0.903. The molecule has 2 N–H and O–H groups in total. The van der Waals surface area contributed by atoms with E-state index in [4.69, 9.17) is 0 Å². The third kappa shape index (κ3) is 6.04. The normalized spacial score (nSPS) is 14.5. The van der Waals surface area contributed by atoms with Gasteiger partial charge in [-0.05, 0) is 49.1 Å². The zero-order valence-electron chi connectivity index (χ0n) is 18.1. The Morgan fingerprint density at radius 2 is 1.55 bits per heavy atom. The van der Waals surface area contributed by atoms with Crippen LogP contribution in [0.5, 0.6) is 0 Å². The van der Waals surface area contributed by atoms with Gasteiger partial charge in [-0.15, -0.1) is 0 Å². The highest BCUT2D eigenvalue weighted by atomic mass is 16.2. The minimum atomic E-state index is -0.477. The van der Waals surface area contributed by atoms with E-state index in [9.17, 15) is 14.4 Å². The maximum absolute atomic E-state index is 13.1. The van der Waals surface area contributed by atoms with Gasteiger partial charge in [-0.3, -0.25) is 14.4 Å². The molecule has 31 heavy (non-hydrogen) atoms. The number of hydrogen-bond donors (Lipinski definition) is 2. The topological polar surface area (TPSA) is 78.5 Å². The molecule has 0 unspecified atom stereocenters. The van der Waals surface area contributed by atoms with Crippen molar-refractivity contribution in [3.63, 3.8) is 0 Å². The van der Waals surface area contributed by atoms with Crippen LogP contribution in [0.2, 0.25) is 0 Å². The van der Waals surface area contributed by atoms with Crippen molar-refractivity contribution < 1.29 is 14.4 Å². The van der Waals surface area contributed by atoms with Crippen molar-refractivity contribution >= 4 is 29.5 Å². The third-order valence-electron chi connectivity index (χ3n) is 5.34. The van der Waals surface area contributed by atoms with Crippen LogP contribution in [-0.2, 0) is 9.59 Å². The number of likely N-dealkylation sites (tertiary alicyclic amines) is 1. The summed E-state index contributed by atoms with van der Waals surface area (Å²) in [6, 6.07) is 14.6. The van der Waals surface area contributed by atoms with Crippen LogP contribution >= 0.6 is 0 Å². The molecular formula is C25H29N3O3. The minimum Gasteiger partial charge on any atom is -0.339 e. The van der Waals surface area contributed by atoms with Gasteiger partial charge in [0.2, 0.25) is 5.91 Å². The van der Waals surface area contributed by atoms with E-state index in [0.29, 0.717) is 11.3 Å². The predicted molar refractivity (Wildman–Crippen MR) is 122 cm³/mol. The Hall–Kier alpha value is -3.41. The number of benzene rings is 2. The average molecular weight is 420 g/mol. The van der Waals surface area contributed by atoms with Gasteiger partial charge in [-0.2, -0.15) is 0 Å². The number of nitrogens with one attached hydrogen (secondary N) is 2. The minimum absolute atomic E-state index is 0.0817. The SMILES string of the molecule is CC(=O)N/C(=C\c1ccccc1C)C(=O)Nc1ccccc1C(=O)N1CCCCCC1. The second-order valence-corrected chi connectivity index (χ2v) is 7.80. The molecule has 0 radical (unpaired) electrons. The number of carbonyl (C=O) groups excluding carboxylic acids is 3. The van der Waals surface area contributed by atoms with Crippen molar-refractivity contribution in [2.75, 3.05) is 18.4 Å². The highest BCUT2D eigenvalue weighted by Crippen LogP contribution is 2.21. The Balaban J connectivity index is 1.86. The molecule has 1 aliphatic heterocycles. The van der Waals surface area contributed by atoms with Crippen LogP contribution in [0.3, 0.4) is 0 Å². The fraction of sp³-hybridized carbons (Fsp3) is 0.320. The smallest absolute Gasteiger partial charge is 0.272 e. The standard InChI is InChI=1S/C25H29N3O3/c1-18-11-5-6-12-20(18)17-23(26-19(2)29)24(30)27-22-14-8-7-13-21(22)25(31)28-15-9-3-4-10-16-28/h5-8,11-14,17H,3-4,9-10,15-16H2,1-2H3,(H,26,29)(H,27,30)/b23-17-. The quantitative estimate of drug-likeness (QED) is 0.716. The Kier molecular flexibility index (Phi) is 7.60. The fourth-order valence-electron chi connectivity index (χ4n) is 3.66. The van der Waals surface area contributed by atoms with Crippen LogP contribution in [-0.4, -0.2) is 35.7 Å². The summed E-state index contributed by atoms with van der Waals surface area (Å²) in [5.41, 5.74) is 2.82. The number of aryl methyl sites for hydroxylation is 1. The number of carbonyl (C=O) groups is 3. The number of rotatable bonds is 5. The monoisotopic (exact) mass is 419 g/mol. The molecule has 1 aliphatic rings. The van der Waals surface area contributed by atoms with Crippen molar-refractivity contribution in [3.05, 3.63) is 70.9 Å². The highest BCUT2D eigenvalue weighted by molar-refractivity contribution is 6.11. The molecule has 6 heteroatoms. The molecule has 2 aromatic carbocycles. The first kappa shape index (κ1) is 22.3. The Labute approximate surface area is 183 Å². The van der Waals surface area contributed by atoms with Crippen LogP contribution in [0.1, 0.15) is 54.1 Å².